The largest absolute Gasteiger partial charge is 0.505 e. The van der Waals surface area contributed by atoms with E-state index in [1.807, 2.05) is 0 Å². The van der Waals surface area contributed by atoms with Crippen molar-refractivity contribution in [2.75, 3.05) is 13.1 Å². The van der Waals surface area contributed by atoms with Gasteiger partial charge in [0.2, 0.25) is 0 Å². The second-order valence-corrected chi connectivity index (χ2v) is 5.15. The zero-order valence-corrected chi connectivity index (χ0v) is 10.4. The molecule has 1 aromatic heterocycles. The first-order chi connectivity index (χ1) is 7.68. The minimum absolute atomic E-state index is 0.0477. The quantitative estimate of drug-likeness (QED) is 0.800. The lowest BCUT2D eigenvalue weighted by Crippen LogP contribution is -2.38. The second-order valence-electron chi connectivity index (χ2n) is 3.86. The van der Waals surface area contributed by atoms with Gasteiger partial charge in [-0.25, -0.2) is 0 Å². The van der Waals surface area contributed by atoms with Crippen molar-refractivity contribution in [2.24, 2.45) is 0 Å². The number of hydrogen-bond acceptors (Lipinski definition) is 3. The van der Waals surface area contributed by atoms with Crippen LogP contribution in [-0.4, -0.2) is 38.8 Å². The van der Waals surface area contributed by atoms with Crippen molar-refractivity contribution in [3.8, 4) is 5.75 Å². The molecule has 1 saturated heterocycles. The molecule has 4 nitrogen and oxygen atoms in total. The van der Waals surface area contributed by atoms with E-state index in [0.29, 0.717) is 10.4 Å². The monoisotopic (exact) mass is 284 g/mol. The topological polar surface area (TPSA) is 53.4 Å². The lowest BCUT2D eigenvalue weighted by Gasteiger charge is -2.29. The van der Waals surface area contributed by atoms with Gasteiger partial charge in [0.25, 0.3) is 5.91 Å². The smallest absolute Gasteiger partial charge is 0.257 e. The van der Waals surface area contributed by atoms with Gasteiger partial charge in [-0.05, 0) is 18.9 Å². The number of aromatic hydroxyl groups is 1. The van der Waals surface area contributed by atoms with Gasteiger partial charge in [0.1, 0.15) is 5.75 Å². The number of likely N-dealkylation sites (tertiary alicyclic amines) is 1. The molecule has 2 heterocycles. The predicted molar refractivity (Wildman–Crippen MR) is 63.8 cm³/mol. The molecule has 1 amide bonds. The van der Waals surface area contributed by atoms with E-state index in [0.717, 1.165) is 25.9 Å². The first-order valence-electron chi connectivity index (χ1n) is 5.25. The van der Waals surface area contributed by atoms with E-state index in [4.69, 9.17) is 0 Å². The average Bonchev–Trinajstić information content (AvgIpc) is 2.30. The van der Waals surface area contributed by atoms with Gasteiger partial charge in [-0.15, -0.1) is 0 Å². The third-order valence-electron chi connectivity index (χ3n) is 2.74. The van der Waals surface area contributed by atoms with E-state index >= 15 is 0 Å². The Labute approximate surface area is 102 Å². The summed E-state index contributed by atoms with van der Waals surface area (Å²) in [6, 6.07) is 1.55. The van der Waals surface area contributed by atoms with Crippen LogP contribution in [0.4, 0.5) is 0 Å². The highest BCUT2D eigenvalue weighted by Gasteiger charge is 2.23. The number of halogens is 1. The van der Waals surface area contributed by atoms with E-state index in [1.54, 1.807) is 11.0 Å². The van der Waals surface area contributed by atoms with E-state index in [1.165, 1.54) is 12.4 Å². The zero-order chi connectivity index (χ0) is 11.5. The van der Waals surface area contributed by atoms with Crippen LogP contribution in [0, 0.1) is 0 Å². The molecule has 5 heteroatoms. The standard InChI is InChI=1S/C11H13BrN2O2/c12-8-2-5-14(6-3-8)11(16)9-1-4-13-7-10(9)15/h1,4,7-8,15H,2-3,5-6H2. The summed E-state index contributed by atoms with van der Waals surface area (Å²) in [5.41, 5.74) is 0.336. The molecule has 0 aromatic carbocycles. The van der Waals surface area contributed by atoms with Gasteiger partial charge in [0.15, 0.2) is 0 Å². The summed E-state index contributed by atoms with van der Waals surface area (Å²) in [5, 5.41) is 9.54. The summed E-state index contributed by atoms with van der Waals surface area (Å²) in [7, 11) is 0. The Balaban J connectivity index is 2.11. The highest BCUT2D eigenvalue weighted by atomic mass is 79.9. The average molecular weight is 285 g/mol. The van der Waals surface area contributed by atoms with Crippen molar-refractivity contribution in [1.82, 2.24) is 9.88 Å². The molecule has 16 heavy (non-hydrogen) atoms. The van der Waals surface area contributed by atoms with Gasteiger partial charge in [-0.2, -0.15) is 0 Å². The number of piperidine rings is 1. The lowest BCUT2D eigenvalue weighted by molar-refractivity contribution is 0.0725. The van der Waals surface area contributed by atoms with Crippen molar-refractivity contribution >= 4 is 21.8 Å². The fraction of sp³-hybridized carbons (Fsp3) is 0.455. The molecule has 0 aliphatic carbocycles. The van der Waals surface area contributed by atoms with Crippen LogP contribution in [0.1, 0.15) is 23.2 Å². The summed E-state index contributed by atoms with van der Waals surface area (Å²) in [4.78, 5) is 18.1. The van der Waals surface area contributed by atoms with Gasteiger partial charge in [-0.1, -0.05) is 15.9 Å². The Kier molecular flexibility index (Phi) is 3.43. The molecular formula is C11H13BrN2O2. The van der Waals surface area contributed by atoms with Crippen LogP contribution in [0.5, 0.6) is 5.75 Å². The van der Waals surface area contributed by atoms with E-state index < -0.39 is 0 Å². The van der Waals surface area contributed by atoms with Crippen molar-refractivity contribution in [3.63, 3.8) is 0 Å². The third-order valence-corrected chi connectivity index (χ3v) is 3.66. The minimum atomic E-state index is -0.112. The van der Waals surface area contributed by atoms with Crippen molar-refractivity contribution < 1.29 is 9.90 Å². The van der Waals surface area contributed by atoms with Crippen LogP contribution in [0.15, 0.2) is 18.5 Å². The van der Waals surface area contributed by atoms with E-state index in [-0.39, 0.29) is 11.7 Å². The maximum atomic E-state index is 12.1. The zero-order valence-electron chi connectivity index (χ0n) is 8.77. The van der Waals surface area contributed by atoms with Crippen LogP contribution < -0.4 is 0 Å². The molecule has 0 bridgehead atoms. The van der Waals surface area contributed by atoms with Gasteiger partial charge in [0, 0.05) is 24.1 Å². The first-order valence-corrected chi connectivity index (χ1v) is 6.16. The fourth-order valence-electron chi connectivity index (χ4n) is 1.79. The molecule has 0 unspecified atom stereocenters. The summed E-state index contributed by atoms with van der Waals surface area (Å²) in [6.07, 6.45) is 4.73. The van der Waals surface area contributed by atoms with E-state index in [2.05, 4.69) is 20.9 Å². The molecule has 1 aliphatic heterocycles. The van der Waals surface area contributed by atoms with Crippen LogP contribution >= 0.6 is 15.9 Å². The molecule has 1 aromatic rings. The number of aromatic nitrogens is 1. The number of hydrogen-bond donors (Lipinski definition) is 1. The Morgan fingerprint density at radius 2 is 2.19 bits per heavy atom. The van der Waals surface area contributed by atoms with Crippen molar-refractivity contribution in [2.45, 2.75) is 17.7 Å². The van der Waals surface area contributed by atoms with E-state index in [9.17, 15) is 9.90 Å². The number of rotatable bonds is 1. The Morgan fingerprint density at radius 3 is 2.81 bits per heavy atom. The number of carbonyl (C=O) groups excluding carboxylic acids is 1. The van der Waals surface area contributed by atoms with Crippen LogP contribution in [-0.2, 0) is 0 Å². The molecule has 0 saturated carbocycles. The summed E-state index contributed by atoms with van der Waals surface area (Å²) in [6.45, 7) is 1.47. The summed E-state index contributed by atoms with van der Waals surface area (Å²) in [5.74, 6) is -0.159. The molecule has 1 fully saturated rings. The third kappa shape index (κ3) is 2.35. The Bertz CT molecular complexity index is 389. The van der Waals surface area contributed by atoms with Crippen LogP contribution in [0.3, 0.4) is 0 Å². The number of pyridine rings is 1. The highest BCUT2D eigenvalue weighted by molar-refractivity contribution is 9.09. The molecule has 1 aliphatic rings. The van der Waals surface area contributed by atoms with Gasteiger partial charge >= 0.3 is 0 Å². The second kappa shape index (κ2) is 4.82. The SMILES string of the molecule is O=C(c1ccncc1O)N1CCC(Br)CC1. The normalized spacial score (nSPS) is 17.4. The van der Waals surface area contributed by atoms with Crippen molar-refractivity contribution in [3.05, 3.63) is 24.0 Å². The lowest BCUT2D eigenvalue weighted by atomic mass is 10.1. The van der Waals surface area contributed by atoms with Gasteiger partial charge in [0.05, 0.1) is 11.8 Å². The molecular weight excluding hydrogens is 272 g/mol. The molecule has 1 N–H and O–H groups in total. The number of nitrogens with zero attached hydrogens (tertiary/aromatic N) is 2. The maximum absolute atomic E-state index is 12.1. The summed E-state index contributed by atoms with van der Waals surface area (Å²) < 4.78 is 0. The number of carbonyl (C=O) groups is 1. The van der Waals surface area contributed by atoms with Crippen LogP contribution in [0.25, 0.3) is 0 Å². The Hall–Kier alpha value is -1.10. The molecule has 0 radical (unpaired) electrons. The minimum Gasteiger partial charge on any atom is -0.505 e. The fourth-order valence-corrected chi connectivity index (χ4v) is 2.20. The van der Waals surface area contributed by atoms with Crippen LogP contribution in [0.2, 0.25) is 0 Å². The van der Waals surface area contributed by atoms with Gasteiger partial charge in [-0.3, -0.25) is 9.78 Å². The first kappa shape index (κ1) is 11.4. The number of amides is 1. The molecule has 0 atom stereocenters. The van der Waals surface area contributed by atoms with Gasteiger partial charge < -0.3 is 10.0 Å². The molecule has 0 spiro atoms. The highest BCUT2D eigenvalue weighted by Crippen LogP contribution is 2.22. The Morgan fingerprint density at radius 1 is 1.50 bits per heavy atom. The molecule has 86 valence electrons. The molecule has 2 rings (SSSR count). The van der Waals surface area contributed by atoms with Crippen molar-refractivity contribution in [1.29, 1.82) is 0 Å². The number of alkyl halides is 1. The maximum Gasteiger partial charge on any atom is 0.257 e. The summed E-state index contributed by atoms with van der Waals surface area (Å²) >= 11 is 3.54. The predicted octanol–water partition coefficient (Wildman–Crippen LogP) is 1.79.